The van der Waals surface area contributed by atoms with Crippen LogP contribution in [0, 0.1) is 6.92 Å². The monoisotopic (exact) mass is 337 g/mol. The molecule has 0 unspecified atom stereocenters. The summed E-state index contributed by atoms with van der Waals surface area (Å²) in [6.07, 6.45) is 0. The van der Waals surface area contributed by atoms with Crippen molar-refractivity contribution < 1.29 is 0 Å². The highest BCUT2D eigenvalue weighted by Gasteiger charge is 2.11. The van der Waals surface area contributed by atoms with Crippen LogP contribution in [0.2, 0.25) is 5.02 Å². The van der Waals surface area contributed by atoms with Gasteiger partial charge in [0.1, 0.15) is 0 Å². The van der Waals surface area contributed by atoms with Crippen molar-refractivity contribution in [1.82, 2.24) is 0 Å². The Bertz CT molecular complexity index is 568. The molecule has 0 aliphatic heterocycles. The van der Waals surface area contributed by atoms with Gasteiger partial charge in [-0.25, -0.2) is 0 Å². The van der Waals surface area contributed by atoms with Crippen LogP contribution in [0.3, 0.4) is 0 Å². The molecule has 0 fully saturated rings. The number of hydrogen-bond acceptors (Lipinski definition) is 1. The van der Waals surface area contributed by atoms with Crippen molar-refractivity contribution in [2.24, 2.45) is 0 Å². The van der Waals surface area contributed by atoms with Crippen LogP contribution in [0.5, 0.6) is 0 Å². The summed E-state index contributed by atoms with van der Waals surface area (Å²) in [4.78, 5) is 2.20. The van der Waals surface area contributed by atoms with Crippen LogP contribution >= 0.6 is 27.5 Å². The number of hydrogen-bond donors (Lipinski definition) is 0. The molecular weight excluding hydrogens is 322 g/mol. The molecule has 0 bridgehead atoms. The average Bonchev–Trinajstić information content (AvgIpc) is 2.38. The van der Waals surface area contributed by atoms with Crippen LogP contribution in [0.25, 0.3) is 0 Å². The molecule has 0 aliphatic rings. The maximum Gasteiger partial charge on any atom is 0.0642 e. The second-order valence-corrected chi connectivity index (χ2v) is 5.69. The van der Waals surface area contributed by atoms with Gasteiger partial charge in [0, 0.05) is 18.9 Å². The van der Waals surface area contributed by atoms with Gasteiger partial charge in [0.05, 0.1) is 10.7 Å². The first-order valence-corrected chi connectivity index (χ1v) is 7.72. The van der Waals surface area contributed by atoms with E-state index >= 15 is 0 Å². The Morgan fingerprint density at radius 3 is 2.58 bits per heavy atom. The van der Waals surface area contributed by atoms with Gasteiger partial charge in [0.25, 0.3) is 0 Å². The van der Waals surface area contributed by atoms with Gasteiger partial charge in [0.15, 0.2) is 0 Å². The first-order valence-electron chi connectivity index (χ1n) is 6.22. The predicted octanol–water partition coefficient (Wildman–Crippen LogP) is 5.18. The molecule has 0 saturated heterocycles. The fraction of sp³-hybridized carbons (Fsp3) is 0.250. The Morgan fingerprint density at radius 1 is 1.16 bits per heavy atom. The molecule has 0 heterocycles. The number of aryl methyl sites for hydroxylation is 1. The number of benzene rings is 2. The lowest BCUT2D eigenvalue weighted by atomic mass is 10.1. The highest BCUT2D eigenvalue weighted by molar-refractivity contribution is 9.08. The first-order chi connectivity index (χ1) is 9.11. The van der Waals surface area contributed by atoms with Crippen molar-refractivity contribution in [3.63, 3.8) is 0 Å². The van der Waals surface area contributed by atoms with Gasteiger partial charge in [-0.1, -0.05) is 69.5 Å². The van der Waals surface area contributed by atoms with E-state index in [4.69, 9.17) is 11.6 Å². The Balaban J connectivity index is 2.27. The highest BCUT2D eigenvalue weighted by Crippen LogP contribution is 2.31. The highest BCUT2D eigenvalue weighted by atomic mass is 79.9. The fourth-order valence-electron chi connectivity index (χ4n) is 2.26. The summed E-state index contributed by atoms with van der Waals surface area (Å²) >= 11 is 9.86. The van der Waals surface area contributed by atoms with Gasteiger partial charge in [-0.15, -0.1) is 0 Å². The number of nitrogens with zero attached hydrogens (tertiary/aromatic N) is 1. The van der Waals surface area contributed by atoms with Crippen molar-refractivity contribution in [2.45, 2.75) is 18.8 Å². The molecule has 0 aliphatic carbocycles. The zero-order valence-corrected chi connectivity index (χ0v) is 13.5. The normalized spacial score (nSPS) is 10.5. The Hall–Kier alpha value is -0.990. The maximum atomic E-state index is 6.34. The molecule has 0 atom stereocenters. The van der Waals surface area contributed by atoms with E-state index in [0.717, 1.165) is 22.6 Å². The largest absolute Gasteiger partial charge is 0.369 e. The van der Waals surface area contributed by atoms with Crippen LogP contribution in [0.4, 0.5) is 5.69 Å². The summed E-state index contributed by atoms with van der Waals surface area (Å²) in [6, 6.07) is 14.6. The summed E-state index contributed by atoms with van der Waals surface area (Å²) in [5.41, 5.74) is 4.89. The minimum absolute atomic E-state index is 0.798. The van der Waals surface area contributed by atoms with E-state index in [1.165, 1.54) is 16.7 Å². The first kappa shape index (κ1) is 14.4. The lowest BCUT2D eigenvalue weighted by Gasteiger charge is -2.23. The van der Waals surface area contributed by atoms with Crippen molar-refractivity contribution in [3.8, 4) is 0 Å². The minimum atomic E-state index is 0.798. The topological polar surface area (TPSA) is 3.24 Å². The molecule has 0 aromatic heterocycles. The van der Waals surface area contributed by atoms with Gasteiger partial charge in [-0.3, -0.25) is 0 Å². The van der Waals surface area contributed by atoms with Crippen molar-refractivity contribution >= 4 is 33.2 Å². The third kappa shape index (κ3) is 3.52. The Kier molecular flexibility index (Phi) is 4.89. The van der Waals surface area contributed by atoms with Gasteiger partial charge >= 0.3 is 0 Å². The summed E-state index contributed by atoms with van der Waals surface area (Å²) in [5, 5.41) is 1.60. The second kappa shape index (κ2) is 6.44. The van der Waals surface area contributed by atoms with Crippen molar-refractivity contribution in [2.75, 3.05) is 11.9 Å². The zero-order chi connectivity index (χ0) is 13.8. The predicted molar refractivity (Wildman–Crippen MR) is 87.4 cm³/mol. The molecule has 2 aromatic rings. The molecule has 0 N–H and O–H groups in total. The third-order valence-electron chi connectivity index (χ3n) is 3.10. The molecule has 19 heavy (non-hydrogen) atoms. The molecule has 0 amide bonds. The molecular formula is C16H17BrClN. The van der Waals surface area contributed by atoms with Gasteiger partial charge in [-0.05, 0) is 24.1 Å². The SMILES string of the molecule is Cc1cccc(CN(C)c2c(Cl)cccc2CBr)c1. The third-order valence-corrected chi connectivity index (χ3v) is 4.01. The van der Waals surface area contributed by atoms with Crippen molar-refractivity contribution in [3.05, 3.63) is 64.2 Å². The van der Waals surface area contributed by atoms with Gasteiger partial charge in [-0.2, -0.15) is 0 Å². The van der Waals surface area contributed by atoms with E-state index in [-0.39, 0.29) is 0 Å². The summed E-state index contributed by atoms with van der Waals surface area (Å²) in [6.45, 7) is 2.97. The molecule has 1 nitrogen and oxygen atoms in total. The van der Waals surface area contributed by atoms with Crippen molar-refractivity contribution in [1.29, 1.82) is 0 Å². The van der Waals surface area contributed by atoms with Crippen LogP contribution in [0.15, 0.2) is 42.5 Å². The molecule has 2 rings (SSSR count). The lowest BCUT2D eigenvalue weighted by molar-refractivity contribution is 0.915. The number of rotatable bonds is 4. The molecule has 0 radical (unpaired) electrons. The van der Waals surface area contributed by atoms with E-state index in [2.05, 4.69) is 65.1 Å². The van der Waals surface area contributed by atoms with Crippen LogP contribution in [-0.2, 0) is 11.9 Å². The van der Waals surface area contributed by atoms with E-state index in [9.17, 15) is 0 Å². The van der Waals surface area contributed by atoms with E-state index in [1.807, 2.05) is 12.1 Å². The Morgan fingerprint density at radius 2 is 1.89 bits per heavy atom. The molecule has 0 saturated carbocycles. The van der Waals surface area contributed by atoms with E-state index < -0.39 is 0 Å². The van der Waals surface area contributed by atoms with Gasteiger partial charge in [0.2, 0.25) is 0 Å². The fourth-order valence-corrected chi connectivity index (χ4v) is 3.05. The number of anilines is 1. The summed E-state index contributed by atoms with van der Waals surface area (Å²) in [5.74, 6) is 0. The van der Waals surface area contributed by atoms with Gasteiger partial charge < -0.3 is 4.90 Å². The standard InChI is InChI=1S/C16H17BrClN/c1-12-5-3-6-13(9-12)11-19(2)16-14(10-17)7-4-8-15(16)18/h3-9H,10-11H2,1-2H3. The Labute approximate surface area is 128 Å². The van der Waals surface area contributed by atoms with Crippen LogP contribution in [-0.4, -0.2) is 7.05 Å². The van der Waals surface area contributed by atoms with E-state index in [1.54, 1.807) is 0 Å². The number of halogens is 2. The second-order valence-electron chi connectivity index (χ2n) is 4.73. The maximum absolute atomic E-state index is 6.34. The smallest absolute Gasteiger partial charge is 0.0642 e. The minimum Gasteiger partial charge on any atom is -0.369 e. The summed E-state index contributed by atoms with van der Waals surface area (Å²) in [7, 11) is 2.08. The lowest BCUT2D eigenvalue weighted by Crippen LogP contribution is -2.18. The molecule has 3 heteroatoms. The summed E-state index contributed by atoms with van der Waals surface area (Å²) < 4.78 is 0. The number of para-hydroxylation sites is 1. The quantitative estimate of drug-likeness (QED) is 0.694. The molecule has 0 spiro atoms. The average molecular weight is 339 g/mol. The number of alkyl halides is 1. The van der Waals surface area contributed by atoms with E-state index in [0.29, 0.717) is 0 Å². The van der Waals surface area contributed by atoms with Crippen LogP contribution < -0.4 is 4.90 Å². The molecule has 100 valence electrons. The zero-order valence-electron chi connectivity index (χ0n) is 11.2. The van der Waals surface area contributed by atoms with Crippen LogP contribution in [0.1, 0.15) is 16.7 Å². The molecule has 2 aromatic carbocycles.